The largest absolute Gasteiger partial charge is 0.307 e. The third-order valence-corrected chi connectivity index (χ3v) is 3.60. The van der Waals surface area contributed by atoms with Gasteiger partial charge < -0.3 is 5.32 Å². The van der Waals surface area contributed by atoms with Crippen molar-refractivity contribution in [2.45, 2.75) is 13.1 Å². The van der Waals surface area contributed by atoms with E-state index in [1.54, 1.807) is 0 Å². The van der Waals surface area contributed by atoms with E-state index in [0.717, 1.165) is 27.5 Å². The molecular weight excluding hydrogens is 284 g/mol. The highest BCUT2D eigenvalue weighted by Crippen LogP contribution is 2.19. The van der Waals surface area contributed by atoms with E-state index in [2.05, 4.69) is 20.7 Å². The van der Waals surface area contributed by atoms with Crippen LogP contribution in [0.25, 0.3) is 11.3 Å². The first-order valence-electron chi connectivity index (χ1n) is 6.74. The molecule has 4 nitrogen and oxygen atoms in total. The van der Waals surface area contributed by atoms with Gasteiger partial charge in [0.25, 0.3) is 0 Å². The van der Waals surface area contributed by atoms with E-state index in [4.69, 9.17) is 11.6 Å². The number of hydrogen-bond acceptors (Lipinski definition) is 3. The molecule has 0 atom stereocenters. The molecule has 0 aliphatic carbocycles. The van der Waals surface area contributed by atoms with Crippen molar-refractivity contribution >= 4 is 11.6 Å². The molecule has 0 amide bonds. The van der Waals surface area contributed by atoms with Gasteiger partial charge in [0, 0.05) is 23.7 Å². The number of aromatic amines is 1. The van der Waals surface area contributed by atoms with Crippen LogP contribution in [0.1, 0.15) is 11.3 Å². The zero-order valence-corrected chi connectivity index (χ0v) is 12.1. The van der Waals surface area contributed by atoms with Gasteiger partial charge in [-0.1, -0.05) is 60.1 Å². The molecule has 0 saturated heterocycles. The molecule has 1 aromatic heterocycles. The van der Waals surface area contributed by atoms with Crippen LogP contribution in [-0.4, -0.2) is 15.4 Å². The third-order valence-electron chi connectivity index (χ3n) is 3.23. The van der Waals surface area contributed by atoms with Crippen LogP contribution in [0.2, 0.25) is 5.02 Å². The number of nitrogens with zero attached hydrogens (tertiary/aromatic N) is 2. The Morgan fingerprint density at radius 2 is 1.67 bits per heavy atom. The summed E-state index contributed by atoms with van der Waals surface area (Å²) in [6.45, 7) is 1.33. The van der Waals surface area contributed by atoms with Gasteiger partial charge in [0.15, 0.2) is 0 Å². The molecule has 1 heterocycles. The number of halogens is 1. The van der Waals surface area contributed by atoms with E-state index in [1.165, 1.54) is 0 Å². The molecule has 0 aliphatic rings. The first-order chi connectivity index (χ1) is 10.3. The van der Waals surface area contributed by atoms with Crippen molar-refractivity contribution in [2.75, 3.05) is 0 Å². The van der Waals surface area contributed by atoms with Crippen molar-refractivity contribution in [3.8, 4) is 11.3 Å². The molecule has 0 bridgehead atoms. The molecular formula is C16H15ClN4. The molecule has 0 radical (unpaired) electrons. The van der Waals surface area contributed by atoms with Crippen molar-refractivity contribution < 1.29 is 0 Å². The molecule has 0 unspecified atom stereocenters. The second-order valence-electron chi connectivity index (χ2n) is 4.68. The molecule has 0 saturated carbocycles. The van der Waals surface area contributed by atoms with Gasteiger partial charge in [0.05, 0.1) is 0 Å². The molecule has 2 N–H and O–H groups in total. The Labute approximate surface area is 128 Å². The fourth-order valence-corrected chi connectivity index (χ4v) is 2.36. The Morgan fingerprint density at radius 1 is 0.905 bits per heavy atom. The van der Waals surface area contributed by atoms with Crippen molar-refractivity contribution in [1.82, 2.24) is 20.7 Å². The molecule has 3 aromatic rings. The first-order valence-corrected chi connectivity index (χ1v) is 7.11. The van der Waals surface area contributed by atoms with Crippen LogP contribution in [0.3, 0.4) is 0 Å². The van der Waals surface area contributed by atoms with Gasteiger partial charge in [0.2, 0.25) is 0 Å². The maximum atomic E-state index is 6.14. The fourth-order valence-electron chi connectivity index (χ4n) is 2.16. The van der Waals surface area contributed by atoms with Gasteiger partial charge in [-0.15, -0.1) is 0 Å². The molecule has 0 aliphatic heterocycles. The molecule has 3 rings (SSSR count). The number of H-pyrrole nitrogens is 1. The molecule has 106 valence electrons. The molecule has 0 spiro atoms. The lowest BCUT2D eigenvalue weighted by atomic mass is 10.1. The topological polar surface area (TPSA) is 53.6 Å². The second-order valence-corrected chi connectivity index (χ2v) is 5.09. The predicted octanol–water partition coefficient (Wildman–Crippen LogP) is 3.41. The Kier molecular flexibility index (Phi) is 4.28. The van der Waals surface area contributed by atoms with Crippen molar-refractivity contribution in [2.24, 2.45) is 0 Å². The average Bonchev–Trinajstić information content (AvgIpc) is 2.99. The average molecular weight is 299 g/mol. The molecule has 0 fully saturated rings. The fraction of sp³-hybridized carbons (Fsp3) is 0.125. The summed E-state index contributed by atoms with van der Waals surface area (Å²) in [6, 6.07) is 17.8. The van der Waals surface area contributed by atoms with Gasteiger partial charge >= 0.3 is 0 Å². The monoisotopic (exact) mass is 298 g/mol. The summed E-state index contributed by atoms with van der Waals surface area (Å²) in [5.41, 5.74) is 3.90. The van der Waals surface area contributed by atoms with E-state index < -0.39 is 0 Å². The molecule has 5 heteroatoms. The summed E-state index contributed by atoms with van der Waals surface area (Å²) >= 11 is 6.14. The zero-order valence-electron chi connectivity index (χ0n) is 11.4. The van der Waals surface area contributed by atoms with E-state index in [1.807, 2.05) is 54.6 Å². The van der Waals surface area contributed by atoms with Crippen LogP contribution in [-0.2, 0) is 13.1 Å². The number of rotatable bonds is 5. The summed E-state index contributed by atoms with van der Waals surface area (Å²) < 4.78 is 0. The maximum absolute atomic E-state index is 6.14. The maximum Gasteiger partial charge on any atom is 0.117 e. The smallest absolute Gasteiger partial charge is 0.117 e. The summed E-state index contributed by atoms with van der Waals surface area (Å²) in [5.74, 6) is 0. The molecule has 21 heavy (non-hydrogen) atoms. The standard InChI is InChI=1S/C16H15ClN4/c17-14-9-5-4-8-13(14)10-18-11-15-16(20-21-19-15)12-6-2-1-3-7-12/h1-9,18H,10-11H2,(H,19,20,21). The normalized spacial score (nSPS) is 10.7. The van der Waals surface area contributed by atoms with E-state index in [0.29, 0.717) is 13.1 Å². The first kappa shape index (κ1) is 13.8. The van der Waals surface area contributed by atoms with E-state index >= 15 is 0 Å². The minimum absolute atomic E-state index is 0.631. The number of benzene rings is 2. The lowest BCUT2D eigenvalue weighted by molar-refractivity contribution is 0.678. The highest BCUT2D eigenvalue weighted by molar-refractivity contribution is 6.31. The van der Waals surface area contributed by atoms with Crippen LogP contribution in [0.4, 0.5) is 0 Å². The molecule has 2 aromatic carbocycles. The summed E-state index contributed by atoms with van der Waals surface area (Å²) in [4.78, 5) is 0. The van der Waals surface area contributed by atoms with Gasteiger partial charge in [-0.25, -0.2) is 0 Å². The van der Waals surface area contributed by atoms with E-state index in [9.17, 15) is 0 Å². The van der Waals surface area contributed by atoms with Crippen LogP contribution < -0.4 is 5.32 Å². The third kappa shape index (κ3) is 3.29. The number of nitrogens with one attached hydrogen (secondary N) is 2. The van der Waals surface area contributed by atoms with Gasteiger partial charge in [-0.05, 0) is 11.6 Å². The SMILES string of the molecule is Clc1ccccc1CNCc1n[nH]nc1-c1ccccc1. The van der Waals surface area contributed by atoms with Crippen LogP contribution in [0.5, 0.6) is 0 Å². The highest BCUT2D eigenvalue weighted by atomic mass is 35.5. The van der Waals surface area contributed by atoms with Gasteiger partial charge in [-0.3, -0.25) is 0 Å². The Morgan fingerprint density at radius 3 is 2.48 bits per heavy atom. The van der Waals surface area contributed by atoms with Crippen molar-refractivity contribution in [3.63, 3.8) is 0 Å². The summed E-state index contributed by atoms with van der Waals surface area (Å²) in [5, 5.41) is 15.3. The van der Waals surface area contributed by atoms with Crippen molar-refractivity contribution in [1.29, 1.82) is 0 Å². The highest BCUT2D eigenvalue weighted by Gasteiger charge is 2.09. The van der Waals surface area contributed by atoms with Gasteiger partial charge in [0.1, 0.15) is 11.4 Å². The van der Waals surface area contributed by atoms with E-state index in [-0.39, 0.29) is 0 Å². The zero-order chi connectivity index (χ0) is 14.5. The van der Waals surface area contributed by atoms with Crippen LogP contribution in [0, 0.1) is 0 Å². The lowest BCUT2D eigenvalue weighted by Crippen LogP contribution is -2.14. The number of aromatic nitrogens is 3. The Balaban J connectivity index is 1.67. The lowest BCUT2D eigenvalue weighted by Gasteiger charge is -2.06. The minimum Gasteiger partial charge on any atom is -0.307 e. The number of hydrogen-bond donors (Lipinski definition) is 2. The predicted molar refractivity (Wildman–Crippen MR) is 83.8 cm³/mol. The van der Waals surface area contributed by atoms with Crippen molar-refractivity contribution in [3.05, 3.63) is 70.9 Å². The Hall–Kier alpha value is -2.17. The minimum atomic E-state index is 0.631. The quantitative estimate of drug-likeness (QED) is 0.759. The summed E-state index contributed by atoms with van der Waals surface area (Å²) in [7, 11) is 0. The van der Waals surface area contributed by atoms with Gasteiger partial charge in [-0.2, -0.15) is 15.4 Å². The van der Waals surface area contributed by atoms with Crippen LogP contribution >= 0.6 is 11.6 Å². The Bertz CT molecular complexity index is 709. The van der Waals surface area contributed by atoms with Crippen LogP contribution in [0.15, 0.2) is 54.6 Å². The second kappa shape index (κ2) is 6.52. The summed E-state index contributed by atoms with van der Waals surface area (Å²) in [6.07, 6.45) is 0.